The van der Waals surface area contributed by atoms with Gasteiger partial charge < -0.3 is 15.1 Å². The molecule has 0 aromatic heterocycles. The Balaban J connectivity index is 2.16. The van der Waals surface area contributed by atoms with E-state index in [1.54, 1.807) is 0 Å². The molecule has 1 unspecified atom stereocenters. The van der Waals surface area contributed by atoms with E-state index in [0.29, 0.717) is 6.42 Å². The van der Waals surface area contributed by atoms with Gasteiger partial charge >= 0.3 is 0 Å². The summed E-state index contributed by atoms with van der Waals surface area (Å²) in [6.45, 7) is 9.35. The second-order valence-corrected chi connectivity index (χ2v) is 5.03. The van der Waals surface area contributed by atoms with Crippen molar-refractivity contribution >= 4 is 5.91 Å². The van der Waals surface area contributed by atoms with Crippen molar-refractivity contribution in [2.45, 2.75) is 39.2 Å². The van der Waals surface area contributed by atoms with Crippen molar-refractivity contribution in [3.05, 3.63) is 0 Å². The van der Waals surface area contributed by atoms with Crippen molar-refractivity contribution < 1.29 is 4.79 Å². The summed E-state index contributed by atoms with van der Waals surface area (Å²) in [7, 11) is 1.91. The number of rotatable bonds is 7. The molecule has 0 saturated carbocycles. The van der Waals surface area contributed by atoms with Crippen molar-refractivity contribution in [1.82, 2.24) is 15.1 Å². The van der Waals surface area contributed by atoms with E-state index < -0.39 is 0 Å². The van der Waals surface area contributed by atoms with Crippen molar-refractivity contribution in [2.24, 2.45) is 0 Å². The van der Waals surface area contributed by atoms with Crippen molar-refractivity contribution in [3.8, 4) is 0 Å². The topological polar surface area (TPSA) is 35.6 Å². The van der Waals surface area contributed by atoms with Crippen LogP contribution in [0.1, 0.15) is 33.1 Å². The van der Waals surface area contributed by atoms with E-state index in [1.807, 2.05) is 11.9 Å². The van der Waals surface area contributed by atoms with Crippen LogP contribution in [0.5, 0.6) is 0 Å². The number of amides is 1. The first kappa shape index (κ1) is 14.5. The molecule has 1 fully saturated rings. The summed E-state index contributed by atoms with van der Waals surface area (Å²) in [5.41, 5.74) is 0. The van der Waals surface area contributed by atoms with Gasteiger partial charge in [-0.15, -0.1) is 0 Å². The normalized spacial score (nSPS) is 18.3. The molecular weight excluding hydrogens is 214 g/mol. The van der Waals surface area contributed by atoms with E-state index in [9.17, 15) is 4.79 Å². The van der Waals surface area contributed by atoms with E-state index in [-0.39, 0.29) is 11.9 Å². The molecule has 0 aromatic carbocycles. The Morgan fingerprint density at radius 3 is 2.65 bits per heavy atom. The predicted molar refractivity (Wildman–Crippen MR) is 71.1 cm³/mol. The molecule has 1 aliphatic heterocycles. The number of nitrogens with zero attached hydrogens (tertiary/aromatic N) is 2. The van der Waals surface area contributed by atoms with Crippen LogP contribution in [-0.4, -0.2) is 61.5 Å². The zero-order valence-electron chi connectivity index (χ0n) is 11.5. The van der Waals surface area contributed by atoms with Gasteiger partial charge in [0.25, 0.3) is 0 Å². The molecule has 4 nitrogen and oxygen atoms in total. The third-order valence-corrected chi connectivity index (χ3v) is 3.41. The summed E-state index contributed by atoms with van der Waals surface area (Å²) in [6, 6.07) is 0.279. The van der Waals surface area contributed by atoms with Gasteiger partial charge in [-0.1, -0.05) is 6.92 Å². The lowest BCUT2D eigenvalue weighted by Crippen LogP contribution is -2.38. The molecule has 1 amide bonds. The smallest absolute Gasteiger partial charge is 0.223 e. The number of hydrogen-bond donors (Lipinski definition) is 1. The van der Waals surface area contributed by atoms with E-state index in [4.69, 9.17) is 0 Å². The van der Waals surface area contributed by atoms with E-state index in [2.05, 4.69) is 24.1 Å². The molecule has 0 bridgehead atoms. The summed E-state index contributed by atoms with van der Waals surface area (Å²) in [6.07, 6.45) is 3.23. The zero-order valence-corrected chi connectivity index (χ0v) is 11.5. The molecule has 1 rings (SSSR count). The first-order valence-electron chi connectivity index (χ1n) is 6.83. The van der Waals surface area contributed by atoms with Gasteiger partial charge in [-0.25, -0.2) is 0 Å². The molecule has 1 aliphatic rings. The highest BCUT2D eigenvalue weighted by molar-refractivity contribution is 5.76. The third kappa shape index (κ3) is 5.50. The molecule has 0 spiro atoms. The monoisotopic (exact) mass is 241 g/mol. The first-order valence-corrected chi connectivity index (χ1v) is 6.83. The summed E-state index contributed by atoms with van der Waals surface area (Å²) >= 11 is 0. The molecule has 0 radical (unpaired) electrons. The highest BCUT2D eigenvalue weighted by Crippen LogP contribution is 2.06. The number of carbonyl (C=O) groups is 1. The van der Waals surface area contributed by atoms with Crippen LogP contribution in [0.3, 0.4) is 0 Å². The quantitative estimate of drug-likeness (QED) is 0.720. The SMILES string of the molecule is CCNC(C)CC(=O)N(C)CCN1CCCC1. The number of likely N-dealkylation sites (N-methyl/N-ethyl adjacent to an activating group) is 1. The average molecular weight is 241 g/mol. The van der Waals surface area contributed by atoms with Gasteiger partial charge in [-0.2, -0.15) is 0 Å². The molecule has 0 aromatic rings. The van der Waals surface area contributed by atoms with Gasteiger partial charge in [0.2, 0.25) is 5.91 Å². The van der Waals surface area contributed by atoms with Crippen LogP contribution in [0.15, 0.2) is 0 Å². The van der Waals surface area contributed by atoms with Crippen molar-refractivity contribution in [2.75, 3.05) is 39.8 Å². The molecule has 1 heterocycles. The van der Waals surface area contributed by atoms with Crippen LogP contribution in [0.2, 0.25) is 0 Å². The minimum Gasteiger partial charge on any atom is -0.344 e. The first-order chi connectivity index (χ1) is 8.13. The highest BCUT2D eigenvalue weighted by Gasteiger charge is 2.15. The standard InChI is InChI=1S/C13H27N3O/c1-4-14-12(2)11-13(17)15(3)9-10-16-7-5-6-8-16/h12,14H,4-11H2,1-3H3. The Labute approximate surface area is 105 Å². The number of nitrogens with one attached hydrogen (secondary N) is 1. The van der Waals surface area contributed by atoms with E-state index in [1.165, 1.54) is 25.9 Å². The average Bonchev–Trinajstić information content (AvgIpc) is 2.78. The Morgan fingerprint density at radius 1 is 1.41 bits per heavy atom. The lowest BCUT2D eigenvalue weighted by Gasteiger charge is -2.23. The van der Waals surface area contributed by atoms with Crippen LogP contribution in [0.25, 0.3) is 0 Å². The maximum absolute atomic E-state index is 11.9. The third-order valence-electron chi connectivity index (χ3n) is 3.41. The number of likely N-dealkylation sites (tertiary alicyclic amines) is 1. The van der Waals surface area contributed by atoms with E-state index in [0.717, 1.165) is 19.6 Å². The van der Waals surface area contributed by atoms with Gasteiger partial charge in [0.1, 0.15) is 0 Å². The summed E-state index contributed by atoms with van der Waals surface area (Å²) in [4.78, 5) is 16.2. The minimum absolute atomic E-state index is 0.248. The maximum Gasteiger partial charge on any atom is 0.223 e. The number of hydrogen-bond acceptors (Lipinski definition) is 3. The maximum atomic E-state index is 11.9. The molecule has 0 aliphatic carbocycles. The molecule has 1 atom stereocenters. The molecule has 17 heavy (non-hydrogen) atoms. The second kappa shape index (κ2) is 7.67. The lowest BCUT2D eigenvalue weighted by atomic mass is 10.2. The van der Waals surface area contributed by atoms with E-state index >= 15 is 0 Å². The van der Waals surface area contributed by atoms with Crippen LogP contribution >= 0.6 is 0 Å². The Kier molecular flexibility index (Phi) is 6.52. The van der Waals surface area contributed by atoms with Crippen LogP contribution in [-0.2, 0) is 4.79 Å². The van der Waals surface area contributed by atoms with Crippen LogP contribution in [0.4, 0.5) is 0 Å². The zero-order chi connectivity index (χ0) is 12.7. The fraction of sp³-hybridized carbons (Fsp3) is 0.923. The Bertz CT molecular complexity index is 227. The molecule has 100 valence electrons. The summed E-state index contributed by atoms with van der Waals surface area (Å²) in [5.74, 6) is 0.248. The molecular formula is C13H27N3O. The predicted octanol–water partition coefficient (Wildman–Crippen LogP) is 0.929. The number of carbonyl (C=O) groups excluding carboxylic acids is 1. The van der Waals surface area contributed by atoms with Crippen molar-refractivity contribution in [1.29, 1.82) is 0 Å². The minimum atomic E-state index is 0.248. The second-order valence-electron chi connectivity index (χ2n) is 5.03. The molecule has 4 heteroatoms. The molecule has 1 N–H and O–H groups in total. The Hall–Kier alpha value is -0.610. The largest absolute Gasteiger partial charge is 0.344 e. The summed E-state index contributed by atoms with van der Waals surface area (Å²) in [5, 5.41) is 3.27. The van der Waals surface area contributed by atoms with Crippen LogP contribution < -0.4 is 5.32 Å². The Morgan fingerprint density at radius 2 is 2.06 bits per heavy atom. The highest BCUT2D eigenvalue weighted by atomic mass is 16.2. The fourth-order valence-electron chi connectivity index (χ4n) is 2.26. The molecule has 1 saturated heterocycles. The van der Waals surface area contributed by atoms with Gasteiger partial charge in [-0.3, -0.25) is 4.79 Å². The fourth-order valence-corrected chi connectivity index (χ4v) is 2.26. The van der Waals surface area contributed by atoms with Gasteiger partial charge in [0, 0.05) is 32.6 Å². The van der Waals surface area contributed by atoms with Crippen molar-refractivity contribution in [3.63, 3.8) is 0 Å². The van der Waals surface area contributed by atoms with Gasteiger partial charge in [0.15, 0.2) is 0 Å². The van der Waals surface area contributed by atoms with Gasteiger partial charge in [-0.05, 0) is 39.4 Å². The lowest BCUT2D eigenvalue weighted by molar-refractivity contribution is -0.130. The summed E-state index contributed by atoms with van der Waals surface area (Å²) < 4.78 is 0. The van der Waals surface area contributed by atoms with Gasteiger partial charge in [0.05, 0.1) is 0 Å². The van der Waals surface area contributed by atoms with Crippen LogP contribution in [0, 0.1) is 0 Å².